The van der Waals surface area contributed by atoms with Crippen LogP contribution in [0.25, 0.3) is 0 Å². The third-order valence-electron chi connectivity index (χ3n) is 3.49. The SMILES string of the molecule is C=C/C=C\C(=C)CN1CCC(c2cccc(Br)c2)C1. The molecule has 100 valence electrons. The van der Waals surface area contributed by atoms with E-state index >= 15 is 0 Å². The van der Waals surface area contributed by atoms with Crippen LogP contribution < -0.4 is 0 Å². The van der Waals surface area contributed by atoms with Crippen molar-refractivity contribution in [2.75, 3.05) is 19.6 Å². The van der Waals surface area contributed by atoms with Crippen LogP contribution in [0.3, 0.4) is 0 Å². The van der Waals surface area contributed by atoms with E-state index in [2.05, 4.69) is 58.3 Å². The molecular weight excluding hydrogens is 298 g/mol. The van der Waals surface area contributed by atoms with Crippen LogP contribution in [0.1, 0.15) is 17.9 Å². The van der Waals surface area contributed by atoms with E-state index < -0.39 is 0 Å². The molecule has 0 radical (unpaired) electrons. The predicted octanol–water partition coefficient (Wildman–Crippen LogP) is 4.54. The molecule has 0 N–H and O–H groups in total. The van der Waals surface area contributed by atoms with Gasteiger partial charge in [-0.25, -0.2) is 0 Å². The van der Waals surface area contributed by atoms with E-state index in [1.807, 2.05) is 12.2 Å². The van der Waals surface area contributed by atoms with Crippen molar-refractivity contribution >= 4 is 15.9 Å². The fraction of sp³-hybridized carbons (Fsp3) is 0.294. The Kier molecular flexibility index (Phi) is 5.17. The lowest BCUT2D eigenvalue weighted by atomic mass is 9.99. The summed E-state index contributed by atoms with van der Waals surface area (Å²) < 4.78 is 1.17. The molecule has 1 unspecified atom stereocenters. The first kappa shape index (κ1) is 14.3. The second-order valence-electron chi connectivity index (χ2n) is 5.03. The standard InChI is InChI=1S/C17H20BrN/c1-3-4-6-14(2)12-19-10-9-16(13-19)15-7-5-8-17(18)11-15/h3-8,11,16H,1-2,9-10,12-13H2/b6-4-. The summed E-state index contributed by atoms with van der Waals surface area (Å²) in [4.78, 5) is 2.47. The minimum atomic E-state index is 0.647. The molecule has 1 atom stereocenters. The monoisotopic (exact) mass is 317 g/mol. The van der Waals surface area contributed by atoms with Gasteiger partial charge in [0.1, 0.15) is 0 Å². The Hall–Kier alpha value is -1.12. The van der Waals surface area contributed by atoms with Gasteiger partial charge in [-0.1, -0.05) is 59.4 Å². The number of nitrogens with zero attached hydrogens (tertiary/aromatic N) is 1. The molecule has 2 rings (SSSR count). The van der Waals surface area contributed by atoms with Crippen LogP contribution in [0, 0.1) is 0 Å². The second kappa shape index (κ2) is 6.88. The molecule has 1 nitrogen and oxygen atoms in total. The van der Waals surface area contributed by atoms with Crippen molar-refractivity contribution in [3.8, 4) is 0 Å². The van der Waals surface area contributed by atoms with Crippen LogP contribution in [-0.2, 0) is 0 Å². The average Bonchev–Trinajstić information content (AvgIpc) is 2.85. The summed E-state index contributed by atoms with van der Waals surface area (Å²) in [6, 6.07) is 8.66. The Morgan fingerprint density at radius 1 is 1.47 bits per heavy atom. The normalized spacial score (nSPS) is 19.9. The summed E-state index contributed by atoms with van der Waals surface area (Å²) in [7, 11) is 0. The lowest BCUT2D eigenvalue weighted by Crippen LogP contribution is -2.22. The summed E-state index contributed by atoms with van der Waals surface area (Å²) >= 11 is 3.55. The van der Waals surface area contributed by atoms with Crippen molar-refractivity contribution in [2.45, 2.75) is 12.3 Å². The highest BCUT2D eigenvalue weighted by Crippen LogP contribution is 2.29. The van der Waals surface area contributed by atoms with E-state index in [1.54, 1.807) is 6.08 Å². The third kappa shape index (κ3) is 4.19. The molecule has 1 aliphatic heterocycles. The molecule has 1 aliphatic rings. The Labute approximate surface area is 124 Å². The summed E-state index contributed by atoms with van der Waals surface area (Å²) in [5, 5.41) is 0. The van der Waals surface area contributed by atoms with Gasteiger partial charge in [0, 0.05) is 17.6 Å². The van der Waals surface area contributed by atoms with Gasteiger partial charge in [-0.2, -0.15) is 0 Å². The van der Waals surface area contributed by atoms with Gasteiger partial charge in [0.25, 0.3) is 0 Å². The molecule has 0 spiro atoms. The van der Waals surface area contributed by atoms with Gasteiger partial charge in [0.2, 0.25) is 0 Å². The number of allylic oxidation sites excluding steroid dienone is 2. The molecule has 1 heterocycles. The summed E-state index contributed by atoms with van der Waals surface area (Å²) in [5.74, 6) is 0.647. The van der Waals surface area contributed by atoms with E-state index in [1.165, 1.54) is 16.5 Å². The molecule has 0 bridgehead atoms. The zero-order valence-electron chi connectivity index (χ0n) is 11.2. The van der Waals surface area contributed by atoms with Gasteiger partial charge >= 0.3 is 0 Å². The molecule has 0 aliphatic carbocycles. The van der Waals surface area contributed by atoms with E-state index in [4.69, 9.17) is 0 Å². The number of rotatable bonds is 5. The van der Waals surface area contributed by atoms with Crippen LogP contribution in [0.4, 0.5) is 0 Å². The average molecular weight is 318 g/mol. The summed E-state index contributed by atoms with van der Waals surface area (Å²) in [5.41, 5.74) is 2.58. The van der Waals surface area contributed by atoms with Crippen LogP contribution in [0.5, 0.6) is 0 Å². The molecule has 1 fully saturated rings. The van der Waals surface area contributed by atoms with Crippen LogP contribution in [-0.4, -0.2) is 24.5 Å². The van der Waals surface area contributed by atoms with Gasteiger partial charge in [-0.3, -0.25) is 4.90 Å². The highest BCUT2D eigenvalue weighted by molar-refractivity contribution is 9.10. The summed E-state index contributed by atoms with van der Waals surface area (Å²) in [6.45, 7) is 11.0. The van der Waals surface area contributed by atoms with Crippen molar-refractivity contribution in [1.82, 2.24) is 4.90 Å². The molecule has 1 saturated heterocycles. The molecule has 0 amide bonds. The maximum absolute atomic E-state index is 4.08. The minimum absolute atomic E-state index is 0.647. The molecular formula is C17H20BrN. The topological polar surface area (TPSA) is 3.24 Å². The zero-order chi connectivity index (χ0) is 13.7. The Morgan fingerprint density at radius 2 is 2.32 bits per heavy atom. The van der Waals surface area contributed by atoms with Gasteiger partial charge in [-0.15, -0.1) is 0 Å². The first-order valence-corrected chi connectivity index (χ1v) is 7.43. The maximum Gasteiger partial charge on any atom is 0.0228 e. The van der Waals surface area contributed by atoms with Gasteiger partial charge < -0.3 is 0 Å². The van der Waals surface area contributed by atoms with E-state index in [-0.39, 0.29) is 0 Å². The molecule has 19 heavy (non-hydrogen) atoms. The minimum Gasteiger partial charge on any atom is -0.298 e. The quantitative estimate of drug-likeness (QED) is 0.721. The van der Waals surface area contributed by atoms with Crippen molar-refractivity contribution < 1.29 is 0 Å². The smallest absolute Gasteiger partial charge is 0.0228 e. The third-order valence-corrected chi connectivity index (χ3v) is 3.98. The zero-order valence-corrected chi connectivity index (χ0v) is 12.8. The molecule has 0 saturated carbocycles. The fourth-order valence-electron chi connectivity index (χ4n) is 2.55. The van der Waals surface area contributed by atoms with Crippen LogP contribution in [0.15, 0.2) is 65.7 Å². The fourth-order valence-corrected chi connectivity index (χ4v) is 2.97. The lowest BCUT2D eigenvalue weighted by Gasteiger charge is -2.16. The highest BCUT2D eigenvalue weighted by Gasteiger charge is 2.23. The summed E-state index contributed by atoms with van der Waals surface area (Å²) in [6.07, 6.45) is 7.01. The van der Waals surface area contributed by atoms with Crippen molar-refractivity contribution in [2.24, 2.45) is 0 Å². The van der Waals surface area contributed by atoms with E-state index in [9.17, 15) is 0 Å². The highest BCUT2D eigenvalue weighted by atomic mass is 79.9. The van der Waals surface area contributed by atoms with Crippen LogP contribution >= 0.6 is 15.9 Å². The molecule has 1 aromatic carbocycles. The van der Waals surface area contributed by atoms with Crippen molar-refractivity contribution in [3.63, 3.8) is 0 Å². The molecule has 1 aromatic rings. The number of halogens is 1. The second-order valence-corrected chi connectivity index (χ2v) is 5.94. The van der Waals surface area contributed by atoms with Crippen molar-refractivity contribution in [3.05, 3.63) is 71.3 Å². The number of benzene rings is 1. The van der Waals surface area contributed by atoms with Crippen molar-refractivity contribution in [1.29, 1.82) is 0 Å². The maximum atomic E-state index is 4.08. The lowest BCUT2D eigenvalue weighted by molar-refractivity contribution is 0.366. The first-order chi connectivity index (χ1) is 9.19. The first-order valence-electron chi connectivity index (χ1n) is 6.63. The van der Waals surface area contributed by atoms with E-state index in [0.29, 0.717) is 5.92 Å². The van der Waals surface area contributed by atoms with Gasteiger partial charge in [-0.05, 0) is 42.2 Å². The van der Waals surface area contributed by atoms with Gasteiger partial charge in [0.05, 0.1) is 0 Å². The predicted molar refractivity (Wildman–Crippen MR) is 86.4 cm³/mol. The Balaban J connectivity index is 1.91. The molecule has 0 aromatic heterocycles. The van der Waals surface area contributed by atoms with E-state index in [0.717, 1.165) is 25.2 Å². The Bertz CT molecular complexity index is 490. The van der Waals surface area contributed by atoms with Crippen LogP contribution in [0.2, 0.25) is 0 Å². The number of hydrogen-bond donors (Lipinski definition) is 0. The Morgan fingerprint density at radius 3 is 3.05 bits per heavy atom. The largest absolute Gasteiger partial charge is 0.298 e. The molecule has 2 heteroatoms. The number of hydrogen-bond acceptors (Lipinski definition) is 1. The number of likely N-dealkylation sites (tertiary alicyclic amines) is 1. The van der Waals surface area contributed by atoms with Gasteiger partial charge in [0.15, 0.2) is 0 Å².